The number of hydrogen-bond donors (Lipinski definition) is 2. The van der Waals surface area contributed by atoms with E-state index in [1.165, 1.54) is 10.8 Å². The molecule has 2 aromatic heterocycles. The lowest BCUT2D eigenvalue weighted by molar-refractivity contribution is -0.392. The molecule has 0 aliphatic heterocycles. The minimum Gasteiger partial charge on any atom is -0.368 e. The van der Waals surface area contributed by atoms with Gasteiger partial charge in [0.1, 0.15) is 11.4 Å². The molecule has 1 atom stereocenters. The first-order valence-corrected chi connectivity index (χ1v) is 7.70. The maximum absolute atomic E-state index is 11.1. The van der Waals surface area contributed by atoms with Crippen molar-refractivity contribution in [2.75, 3.05) is 5.73 Å². The van der Waals surface area contributed by atoms with E-state index in [4.69, 9.17) is 5.73 Å². The van der Waals surface area contributed by atoms with E-state index < -0.39 is 10.2 Å². The van der Waals surface area contributed by atoms with Gasteiger partial charge in [-0.1, -0.05) is 18.2 Å². The zero-order valence-corrected chi connectivity index (χ0v) is 13.7. The Bertz CT molecular complexity index is 875. The molecule has 1 unspecified atom stereocenters. The summed E-state index contributed by atoms with van der Waals surface area (Å²) in [7, 11) is 0. The summed E-state index contributed by atoms with van der Waals surface area (Å²) in [6.07, 6.45) is 1.22. The smallest absolute Gasteiger partial charge is 0.342 e. The number of rotatable bonds is 5. The maximum Gasteiger partial charge on any atom is 0.342 e. The van der Waals surface area contributed by atoms with Crippen LogP contribution in [0.25, 0.3) is 5.69 Å². The molecule has 0 aliphatic rings. The van der Waals surface area contributed by atoms with Crippen molar-refractivity contribution in [3.05, 3.63) is 58.3 Å². The van der Waals surface area contributed by atoms with Gasteiger partial charge in [-0.15, -0.1) is 10.2 Å². The van der Waals surface area contributed by atoms with Gasteiger partial charge in [0.05, 0.1) is 12.2 Å². The third kappa shape index (κ3) is 2.60. The van der Waals surface area contributed by atoms with E-state index in [-0.39, 0.29) is 11.8 Å². The molecule has 3 rings (SSSR count). The van der Waals surface area contributed by atoms with E-state index in [1.807, 2.05) is 30.3 Å². The lowest BCUT2D eigenvalue weighted by Gasteiger charge is -2.12. The number of nitrogens with two attached hydrogens (primary N) is 1. The Morgan fingerprint density at radius 3 is 2.62 bits per heavy atom. The normalized spacial score (nSPS) is 12.2. The van der Waals surface area contributed by atoms with Crippen LogP contribution in [-0.2, 0) is 6.54 Å². The van der Waals surface area contributed by atoms with E-state index in [1.54, 1.807) is 11.5 Å². The predicted octanol–water partition coefficient (Wildman–Crippen LogP) is 1.99. The van der Waals surface area contributed by atoms with Crippen molar-refractivity contribution in [1.29, 1.82) is 0 Å². The molecule has 0 saturated carbocycles. The van der Waals surface area contributed by atoms with Crippen LogP contribution in [0.5, 0.6) is 0 Å². The predicted molar refractivity (Wildman–Crippen MR) is 91.2 cm³/mol. The molecule has 24 heavy (non-hydrogen) atoms. The molecule has 0 bridgehead atoms. The van der Waals surface area contributed by atoms with Crippen molar-refractivity contribution >= 4 is 24.4 Å². The van der Waals surface area contributed by atoms with Crippen LogP contribution < -0.4 is 5.73 Å². The summed E-state index contributed by atoms with van der Waals surface area (Å²) in [4.78, 5) is 14.8. The molecule has 2 heterocycles. The molecule has 2 N–H and O–H groups in total. The highest BCUT2D eigenvalue weighted by Crippen LogP contribution is 2.31. The van der Waals surface area contributed by atoms with E-state index >= 15 is 0 Å². The number of benzene rings is 1. The zero-order chi connectivity index (χ0) is 17.3. The molecule has 124 valence electrons. The van der Waals surface area contributed by atoms with E-state index in [0.717, 1.165) is 5.69 Å². The van der Waals surface area contributed by atoms with E-state index in [2.05, 4.69) is 27.8 Å². The summed E-state index contributed by atoms with van der Waals surface area (Å²) >= 11 is 4.56. The van der Waals surface area contributed by atoms with Crippen molar-refractivity contribution in [3.8, 4) is 5.69 Å². The second kappa shape index (κ2) is 6.32. The van der Waals surface area contributed by atoms with Gasteiger partial charge in [0.2, 0.25) is 11.8 Å². The molecular weight excluding hydrogens is 330 g/mol. The summed E-state index contributed by atoms with van der Waals surface area (Å²) in [5, 5.41) is 18.5. The molecule has 0 aliphatic carbocycles. The fourth-order valence-electron chi connectivity index (χ4n) is 2.51. The van der Waals surface area contributed by atoms with Crippen LogP contribution in [0, 0.1) is 10.1 Å². The number of nitro groups is 1. The molecular formula is C14H15N7O2S. The van der Waals surface area contributed by atoms with Crippen LogP contribution in [0.3, 0.4) is 0 Å². The van der Waals surface area contributed by atoms with Gasteiger partial charge in [0.15, 0.2) is 5.82 Å². The SMILES string of the molecule is CCn1c([N+](=O)[O-])cnc1C(S)c1nnc(N)n1-c1ccccc1. The van der Waals surface area contributed by atoms with Crippen molar-refractivity contribution in [3.63, 3.8) is 0 Å². The average Bonchev–Trinajstić information content (AvgIpc) is 3.18. The van der Waals surface area contributed by atoms with Gasteiger partial charge in [-0.3, -0.25) is 4.57 Å². The van der Waals surface area contributed by atoms with Crippen molar-refractivity contribution in [2.24, 2.45) is 0 Å². The van der Waals surface area contributed by atoms with Crippen molar-refractivity contribution in [2.45, 2.75) is 18.7 Å². The van der Waals surface area contributed by atoms with Crippen LogP contribution in [0.15, 0.2) is 36.5 Å². The average molecular weight is 345 g/mol. The van der Waals surface area contributed by atoms with Crippen LogP contribution in [-0.4, -0.2) is 29.2 Å². The van der Waals surface area contributed by atoms with Crippen LogP contribution in [0.4, 0.5) is 11.8 Å². The zero-order valence-electron chi connectivity index (χ0n) is 12.8. The Labute approximate surface area is 142 Å². The first-order chi connectivity index (χ1) is 11.5. The van der Waals surface area contributed by atoms with Gasteiger partial charge < -0.3 is 15.8 Å². The standard InChI is InChI=1S/C14H15N7O2S/c1-2-19-10(21(22)23)8-16-12(19)11(24)13-17-18-14(15)20(13)9-6-4-3-5-7-9/h3-8,11,24H,2H2,1H3,(H2,15,18). The third-order valence-electron chi connectivity index (χ3n) is 3.59. The van der Waals surface area contributed by atoms with Crippen molar-refractivity contribution in [1.82, 2.24) is 24.3 Å². The fourth-order valence-corrected chi connectivity index (χ4v) is 2.88. The summed E-state index contributed by atoms with van der Waals surface area (Å²) in [6.45, 7) is 2.19. The van der Waals surface area contributed by atoms with Crippen LogP contribution in [0.2, 0.25) is 0 Å². The number of aromatic nitrogens is 5. The number of thiol groups is 1. The highest BCUT2D eigenvalue weighted by molar-refractivity contribution is 7.80. The lowest BCUT2D eigenvalue weighted by Crippen LogP contribution is -2.12. The second-order valence-electron chi connectivity index (χ2n) is 4.97. The van der Waals surface area contributed by atoms with Crippen LogP contribution >= 0.6 is 12.6 Å². The summed E-state index contributed by atoms with van der Waals surface area (Å²) < 4.78 is 3.13. The van der Waals surface area contributed by atoms with Gasteiger partial charge in [-0.25, -0.2) is 9.55 Å². The summed E-state index contributed by atoms with van der Waals surface area (Å²) in [5.74, 6) is 0.971. The number of anilines is 1. The molecule has 0 amide bonds. The highest BCUT2D eigenvalue weighted by Gasteiger charge is 2.29. The van der Waals surface area contributed by atoms with Gasteiger partial charge in [-0.2, -0.15) is 12.6 Å². The second-order valence-corrected chi connectivity index (χ2v) is 5.48. The lowest BCUT2D eigenvalue weighted by atomic mass is 10.3. The Hall–Kier alpha value is -2.88. The molecule has 0 radical (unpaired) electrons. The maximum atomic E-state index is 11.1. The largest absolute Gasteiger partial charge is 0.368 e. The third-order valence-corrected chi connectivity index (χ3v) is 4.05. The number of para-hydroxylation sites is 1. The number of imidazole rings is 1. The monoisotopic (exact) mass is 345 g/mol. The molecule has 10 heteroatoms. The highest BCUT2D eigenvalue weighted by atomic mass is 32.1. The minimum absolute atomic E-state index is 0.0923. The first-order valence-electron chi connectivity index (χ1n) is 7.18. The van der Waals surface area contributed by atoms with Gasteiger partial charge in [0, 0.05) is 0 Å². The van der Waals surface area contributed by atoms with Gasteiger partial charge in [-0.05, 0) is 24.0 Å². The molecule has 0 fully saturated rings. The Morgan fingerprint density at radius 2 is 2.00 bits per heavy atom. The quantitative estimate of drug-likeness (QED) is 0.415. The number of nitrogens with zero attached hydrogens (tertiary/aromatic N) is 6. The first kappa shape index (κ1) is 16.0. The minimum atomic E-state index is -0.622. The van der Waals surface area contributed by atoms with E-state index in [0.29, 0.717) is 18.2 Å². The molecule has 9 nitrogen and oxygen atoms in total. The van der Waals surface area contributed by atoms with E-state index in [9.17, 15) is 10.1 Å². The Balaban J connectivity index is 2.10. The molecule has 0 saturated heterocycles. The van der Waals surface area contributed by atoms with Crippen molar-refractivity contribution < 1.29 is 4.92 Å². The topological polar surface area (TPSA) is 118 Å². The fraction of sp³-hybridized carbons (Fsp3) is 0.214. The summed E-state index contributed by atoms with van der Waals surface area (Å²) in [6, 6.07) is 9.33. The number of nitrogen functional groups attached to an aromatic ring is 1. The van der Waals surface area contributed by atoms with Gasteiger partial charge in [0.25, 0.3) is 0 Å². The molecule has 0 spiro atoms. The Kier molecular flexibility index (Phi) is 4.21. The van der Waals surface area contributed by atoms with Gasteiger partial charge >= 0.3 is 5.82 Å². The summed E-state index contributed by atoms with van der Waals surface area (Å²) in [5.41, 5.74) is 6.71. The number of hydrogen-bond acceptors (Lipinski definition) is 7. The Morgan fingerprint density at radius 1 is 1.29 bits per heavy atom. The molecule has 3 aromatic rings. The van der Waals surface area contributed by atoms with Crippen LogP contribution in [0.1, 0.15) is 23.8 Å². The molecule has 1 aromatic carbocycles.